The molecule has 0 atom stereocenters. The number of carbonyl (C=O) groups is 2. The zero-order valence-electron chi connectivity index (χ0n) is 11.3. The predicted molar refractivity (Wildman–Crippen MR) is 69.6 cm³/mol. The molecule has 0 spiro atoms. The SMILES string of the molecule is O=C(CCC1CCCC1)N1CCC(O)(C(=O)O)CC1. The van der Waals surface area contributed by atoms with E-state index in [9.17, 15) is 14.7 Å². The normalized spacial score (nSPS) is 23.5. The summed E-state index contributed by atoms with van der Waals surface area (Å²) >= 11 is 0. The molecule has 5 nitrogen and oxygen atoms in total. The lowest BCUT2D eigenvalue weighted by molar-refractivity contribution is -0.165. The molecule has 1 amide bonds. The van der Waals surface area contributed by atoms with Gasteiger partial charge in [-0.25, -0.2) is 4.79 Å². The highest BCUT2D eigenvalue weighted by Crippen LogP contribution is 2.29. The van der Waals surface area contributed by atoms with Crippen molar-refractivity contribution in [2.24, 2.45) is 5.92 Å². The topological polar surface area (TPSA) is 77.8 Å². The summed E-state index contributed by atoms with van der Waals surface area (Å²) < 4.78 is 0. The highest BCUT2D eigenvalue weighted by atomic mass is 16.4. The molecule has 2 fully saturated rings. The van der Waals surface area contributed by atoms with Gasteiger partial charge < -0.3 is 15.1 Å². The van der Waals surface area contributed by atoms with Crippen molar-refractivity contribution >= 4 is 11.9 Å². The van der Waals surface area contributed by atoms with Crippen molar-refractivity contribution in [2.75, 3.05) is 13.1 Å². The highest BCUT2D eigenvalue weighted by molar-refractivity contribution is 5.79. The summed E-state index contributed by atoms with van der Waals surface area (Å²) in [5, 5.41) is 18.7. The van der Waals surface area contributed by atoms with Crippen LogP contribution >= 0.6 is 0 Å². The van der Waals surface area contributed by atoms with Crippen LogP contribution in [-0.2, 0) is 9.59 Å². The molecule has 1 aliphatic carbocycles. The fraction of sp³-hybridized carbons (Fsp3) is 0.857. The van der Waals surface area contributed by atoms with Gasteiger partial charge in [-0.2, -0.15) is 0 Å². The Kier molecular flexibility index (Phi) is 4.45. The Morgan fingerprint density at radius 1 is 1.16 bits per heavy atom. The summed E-state index contributed by atoms with van der Waals surface area (Å²) in [6, 6.07) is 0. The van der Waals surface area contributed by atoms with Gasteiger partial charge in [0.1, 0.15) is 0 Å². The average molecular weight is 269 g/mol. The maximum atomic E-state index is 12.0. The fourth-order valence-corrected chi connectivity index (χ4v) is 3.12. The number of amides is 1. The summed E-state index contributed by atoms with van der Waals surface area (Å²) in [6.45, 7) is 0.707. The van der Waals surface area contributed by atoms with Gasteiger partial charge in [0.25, 0.3) is 0 Å². The first-order valence-electron chi connectivity index (χ1n) is 7.25. The minimum absolute atomic E-state index is 0.110. The van der Waals surface area contributed by atoms with Crippen LogP contribution in [0.25, 0.3) is 0 Å². The van der Waals surface area contributed by atoms with Gasteiger partial charge in [-0.05, 0) is 12.3 Å². The second kappa shape index (κ2) is 5.90. The molecule has 1 saturated heterocycles. The van der Waals surface area contributed by atoms with Crippen LogP contribution in [0.15, 0.2) is 0 Å². The molecule has 1 heterocycles. The highest BCUT2D eigenvalue weighted by Gasteiger charge is 2.40. The third-order valence-corrected chi connectivity index (χ3v) is 4.58. The van der Waals surface area contributed by atoms with Crippen molar-refractivity contribution in [2.45, 2.75) is 57.0 Å². The molecule has 1 saturated carbocycles. The lowest BCUT2D eigenvalue weighted by atomic mass is 9.91. The number of nitrogens with zero attached hydrogens (tertiary/aromatic N) is 1. The summed E-state index contributed by atoms with van der Waals surface area (Å²) in [7, 11) is 0. The minimum Gasteiger partial charge on any atom is -0.479 e. The van der Waals surface area contributed by atoms with E-state index in [0.29, 0.717) is 25.4 Å². The van der Waals surface area contributed by atoms with E-state index in [1.807, 2.05) is 0 Å². The Morgan fingerprint density at radius 3 is 2.26 bits per heavy atom. The van der Waals surface area contributed by atoms with Gasteiger partial charge >= 0.3 is 5.97 Å². The molecule has 0 aromatic heterocycles. The summed E-state index contributed by atoms with van der Waals surface area (Å²) in [5.74, 6) is -0.366. The number of piperidine rings is 1. The molecule has 2 N–H and O–H groups in total. The Morgan fingerprint density at radius 2 is 1.74 bits per heavy atom. The molecule has 0 aromatic carbocycles. The molecule has 1 aliphatic heterocycles. The minimum atomic E-state index is -1.64. The average Bonchev–Trinajstić information content (AvgIpc) is 2.90. The Balaban J connectivity index is 1.74. The second-order valence-electron chi connectivity index (χ2n) is 5.91. The van der Waals surface area contributed by atoms with E-state index in [4.69, 9.17) is 5.11 Å². The van der Waals surface area contributed by atoms with Gasteiger partial charge in [0.05, 0.1) is 0 Å². The molecule has 108 valence electrons. The van der Waals surface area contributed by atoms with Crippen molar-refractivity contribution < 1.29 is 19.8 Å². The molecule has 0 unspecified atom stereocenters. The van der Waals surface area contributed by atoms with E-state index in [0.717, 1.165) is 6.42 Å². The molecule has 0 aromatic rings. The van der Waals surface area contributed by atoms with Crippen LogP contribution in [0.2, 0.25) is 0 Å². The van der Waals surface area contributed by atoms with Gasteiger partial charge in [-0.1, -0.05) is 25.7 Å². The third-order valence-electron chi connectivity index (χ3n) is 4.58. The molecule has 0 radical (unpaired) electrons. The third kappa shape index (κ3) is 3.47. The molecule has 2 aliphatic rings. The molecule has 5 heteroatoms. The molecule has 19 heavy (non-hydrogen) atoms. The van der Waals surface area contributed by atoms with Crippen LogP contribution in [0.5, 0.6) is 0 Å². The maximum absolute atomic E-state index is 12.0. The zero-order valence-corrected chi connectivity index (χ0v) is 11.3. The fourth-order valence-electron chi connectivity index (χ4n) is 3.12. The first-order chi connectivity index (χ1) is 9.01. The van der Waals surface area contributed by atoms with Crippen LogP contribution in [-0.4, -0.2) is 45.7 Å². The number of hydrogen-bond acceptors (Lipinski definition) is 3. The van der Waals surface area contributed by atoms with Gasteiger partial charge in [0.2, 0.25) is 5.91 Å². The van der Waals surface area contributed by atoms with E-state index >= 15 is 0 Å². The first kappa shape index (κ1) is 14.3. The largest absolute Gasteiger partial charge is 0.479 e. The number of rotatable bonds is 4. The van der Waals surface area contributed by atoms with Gasteiger partial charge in [0, 0.05) is 32.4 Å². The first-order valence-corrected chi connectivity index (χ1v) is 7.25. The number of carboxylic acid groups (broad SMARTS) is 1. The zero-order chi connectivity index (χ0) is 13.9. The number of carboxylic acids is 1. The van der Waals surface area contributed by atoms with Crippen LogP contribution < -0.4 is 0 Å². The van der Waals surface area contributed by atoms with E-state index in [1.54, 1.807) is 4.90 Å². The quantitative estimate of drug-likeness (QED) is 0.808. The van der Waals surface area contributed by atoms with Crippen molar-refractivity contribution in [3.63, 3.8) is 0 Å². The van der Waals surface area contributed by atoms with E-state index in [1.165, 1.54) is 25.7 Å². The van der Waals surface area contributed by atoms with Crippen molar-refractivity contribution in [3.05, 3.63) is 0 Å². The predicted octanol–water partition coefficient (Wildman–Crippen LogP) is 1.39. The Labute approximate surface area is 113 Å². The Bertz CT molecular complexity index is 341. The number of carbonyl (C=O) groups excluding carboxylic acids is 1. The van der Waals surface area contributed by atoms with Gasteiger partial charge in [-0.3, -0.25) is 4.79 Å². The summed E-state index contributed by atoms with van der Waals surface area (Å²) in [6.07, 6.45) is 6.85. The standard InChI is InChI=1S/C14H23NO4/c16-12(6-5-11-3-1-2-4-11)15-9-7-14(19,8-10-15)13(17)18/h11,19H,1-10H2,(H,17,18). The monoisotopic (exact) mass is 269 g/mol. The number of likely N-dealkylation sites (tertiary alicyclic amines) is 1. The smallest absolute Gasteiger partial charge is 0.335 e. The van der Waals surface area contributed by atoms with Crippen molar-refractivity contribution in [1.29, 1.82) is 0 Å². The van der Waals surface area contributed by atoms with E-state index < -0.39 is 11.6 Å². The van der Waals surface area contributed by atoms with E-state index in [2.05, 4.69) is 0 Å². The number of aliphatic carboxylic acids is 1. The van der Waals surface area contributed by atoms with Gasteiger partial charge in [0.15, 0.2) is 5.60 Å². The maximum Gasteiger partial charge on any atom is 0.335 e. The lowest BCUT2D eigenvalue weighted by Crippen LogP contribution is -2.50. The van der Waals surface area contributed by atoms with Crippen LogP contribution in [0, 0.1) is 5.92 Å². The summed E-state index contributed by atoms with van der Waals surface area (Å²) in [5.41, 5.74) is -1.64. The number of aliphatic hydroxyl groups is 1. The molecule has 2 rings (SSSR count). The van der Waals surface area contributed by atoms with Gasteiger partial charge in [-0.15, -0.1) is 0 Å². The van der Waals surface area contributed by atoms with Crippen molar-refractivity contribution in [1.82, 2.24) is 4.90 Å². The Hall–Kier alpha value is -1.10. The van der Waals surface area contributed by atoms with Crippen LogP contribution in [0.3, 0.4) is 0 Å². The molecular formula is C14H23NO4. The molecular weight excluding hydrogens is 246 g/mol. The van der Waals surface area contributed by atoms with Crippen LogP contribution in [0.4, 0.5) is 0 Å². The summed E-state index contributed by atoms with van der Waals surface area (Å²) in [4.78, 5) is 24.6. The van der Waals surface area contributed by atoms with Crippen LogP contribution in [0.1, 0.15) is 51.4 Å². The van der Waals surface area contributed by atoms with Crippen molar-refractivity contribution in [3.8, 4) is 0 Å². The number of hydrogen-bond donors (Lipinski definition) is 2. The second-order valence-corrected chi connectivity index (χ2v) is 5.91. The lowest BCUT2D eigenvalue weighted by Gasteiger charge is -2.35. The van der Waals surface area contributed by atoms with E-state index in [-0.39, 0.29) is 18.7 Å². The molecule has 0 bridgehead atoms.